The molecule has 3 amide bonds. The molecular weight excluding hydrogens is 535 g/mol. The number of nitrogens with one attached hydrogen (secondary N) is 2. The highest BCUT2D eigenvalue weighted by molar-refractivity contribution is 5.88. The lowest BCUT2D eigenvalue weighted by Crippen LogP contribution is -2.62. The molecule has 8 nitrogen and oxygen atoms in total. The van der Waals surface area contributed by atoms with E-state index >= 15 is 0 Å². The molecule has 3 fully saturated rings. The van der Waals surface area contributed by atoms with Gasteiger partial charge in [-0.25, -0.2) is 9.18 Å². The normalized spacial score (nSPS) is 23.9. The van der Waals surface area contributed by atoms with Crippen LogP contribution in [0.5, 0.6) is 0 Å². The van der Waals surface area contributed by atoms with Crippen LogP contribution < -0.4 is 10.6 Å². The van der Waals surface area contributed by atoms with Crippen LogP contribution in [0.25, 0.3) is 0 Å². The lowest BCUT2D eigenvalue weighted by molar-refractivity contribution is -0.170. The third kappa shape index (κ3) is 7.82. The van der Waals surface area contributed by atoms with Crippen LogP contribution >= 0.6 is 0 Å². The van der Waals surface area contributed by atoms with Crippen molar-refractivity contribution in [1.29, 1.82) is 0 Å². The van der Waals surface area contributed by atoms with Gasteiger partial charge in [-0.3, -0.25) is 9.59 Å². The largest absolute Gasteiger partial charge is 0.463 e. The summed E-state index contributed by atoms with van der Waals surface area (Å²) >= 11 is 0. The van der Waals surface area contributed by atoms with Crippen molar-refractivity contribution in [3.05, 3.63) is 35.6 Å². The minimum Gasteiger partial charge on any atom is -0.463 e. The summed E-state index contributed by atoms with van der Waals surface area (Å²) in [4.78, 5) is 44.7. The van der Waals surface area contributed by atoms with Gasteiger partial charge in [-0.15, -0.1) is 0 Å². The molecule has 0 aromatic heterocycles. The summed E-state index contributed by atoms with van der Waals surface area (Å²) in [5, 5.41) is 6.65. The summed E-state index contributed by atoms with van der Waals surface area (Å²) < 4.78 is 19.4. The van der Waals surface area contributed by atoms with Crippen molar-refractivity contribution in [2.75, 3.05) is 26.2 Å². The Hall–Kier alpha value is -2.68. The molecule has 2 heterocycles. The summed E-state index contributed by atoms with van der Waals surface area (Å²) in [6, 6.07) is 5.48. The fourth-order valence-electron chi connectivity index (χ4n) is 7.11. The van der Waals surface area contributed by atoms with Crippen molar-refractivity contribution in [2.24, 2.45) is 11.3 Å². The van der Waals surface area contributed by atoms with Crippen molar-refractivity contribution >= 4 is 17.9 Å². The van der Waals surface area contributed by atoms with E-state index in [0.29, 0.717) is 39.0 Å². The first-order chi connectivity index (χ1) is 20.1. The molecule has 1 saturated carbocycles. The van der Waals surface area contributed by atoms with Gasteiger partial charge in [0.25, 0.3) is 0 Å². The van der Waals surface area contributed by atoms with Gasteiger partial charge in [0, 0.05) is 44.7 Å². The second-order valence-corrected chi connectivity index (χ2v) is 12.9. The Bertz CT molecular complexity index is 1040. The van der Waals surface area contributed by atoms with Gasteiger partial charge in [-0.05, 0) is 76.0 Å². The molecule has 2 saturated heterocycles. The van der Waals surface area contributed by atoms with Gasteiger partial charge in [-0.1, -0.05) is 45.2 Å². The van der Waals surface area contributed by atoms with E-state index in [1.54, 1.807) is 17.0 Å². The molecule has 2 N–H and O–H groups in total. The van der Waals surface area contributed by atoms with Crippen LogP contribution in [0.1, 0.15) is 91.0 Å². The summed E-state index contributed by atoms with van der Waals surface area (Å²) in [5.74, 6) is -0.347. The third-order valence-electron chi connectivity index (χ3n) is 9.68. The summed E-state index contributed by atoms with van der Waals surface area (Å²) in [5.41, 5.74) is 0.213. The van der Waals surface area contributed by atoms with Crippen LogP contribution in [-0.2, 0) is 20.7 Å². The zero-order valence-electron chi connectivity index (χ0n) is 26.0. The smallest absolute Gasteiger partial charge is 0.318 e. The van der Waals surface area contributed by atoms with Gasteiger partial charge in [0.2, 0.25) is 5.91 Å². The summed E-state index contributed by atoms with van der Waals surface area (Å²) in [7, 11) is 0. The van der Waals surface area contributed by atoms with Gasteiger partial charge in [-0.2, -0.15) is 0 Å². The van der Waals surface area contributed by atoms with Crippen molar-refractivity contribution in [3.8, 4) is 0 Å². The number of esters is 1. The number of piperazine rings is 1. The molecule has 1 aromatic rings. The zero-order chi connectivity index (χ0) is 30.3. The molecule has 234 valence electrons. The minimum absolute atomic E-state index is 0.123. The van der Waals surface area contributed by atoms with E-state index in [1.807, 2.05) is 18.7 Å². The lowest BCUT2D eigenvalue weighted by atomic mass is 9.63. The molecule has 0 radical (unpaired) electrons. The number of hydrogen-bond donors (Lipinski definition) is 2. The van der Waals surface area contributed by atoms with Crippen molar-refractivity contribution in [2.45, 2.75) is 116 Å². The molecule has 42 heavy (non-hydrogen) atoms. The number of urea groups is 1. The number of carbonyl (C=O) groups is 3. The Morgan fingerprint density at radius 1 is 0.976 bits per heavy atom. The van der Waals surface area contributed by atoms with Crippen LogP contribution in [-0.4, -0.2) is 78.1 Å². The van der Waals surface area contributed by atoms with E-state index in [9.17, 15) is 18.8 Å². The fourth-order valence-corrected chi connectivity index (χ4v) is 7.11. The Kier molecular flexibility index (Phi) is 11.3. The average Bonchev–Trinajstić information content (AvgIpc) is 3.01. The number of likely N-dealkylation sites (tertiary alicyclic amines) is 1. The van der Waals surface area contributed by atoms with Gasteiger partial charge in [0.05, 0.1) is 11.5 Å². The van der Waals surface area contributed by atoms with Crippen molar-refractivity contribution in [1.82, 2.24) is 20.4 Å². The van der Waals surface area contributed by atoms with E-state index in [-0.39, 0.29) is 54.3 Å². The maximum absolute atomic E-state index is 14.1. The van der Waals surface area contributed by atoms with Crippen LogP contribution in [0, 0.1) is 17.2 Å². The van der Waals surface area contributed by atoms with Crippen LogP contribution in [0.2, 0.25) is 0 Å². The Morgan fingerprint density at radius 2 is 1.57 bits per heavy atom. The number of hydrogen-bond acceptors (Lipinski definition) is 5. The van der Waals surface area contributed by atoms with Gasteiger partial charge in [0.1, 0.15) is 11.9 Å². The molecule has 3 atom stereocenters. The van der Waals surface area contributed by atoms with E-state index in [2.05, 4.69) is 24.5 Å². The lowest BCUT2D eigenvalue weighted by Gasteiger charge is -2.46. The molecule has 2 unspecified atom stereocenters. The molecule has 1 aliphatic carbocycles. The molecule has 3 aliphatic rings. The van der Waals surface area contributed by atoms with Crippen molar-refractivity contribution < 1.29 is 23.5 Å². The summed E-state index contributed by atoms with van der Waals surface area (Å²) in [6.45, 7) is 10.0. The predicted molar refractivity (Wildman–Crippen MR) is 161 cm³/mol. The molecule has 9 heteroatoms. The monoisotopic (exact) mass is 586 g/mol. The first-order valence-electron chi connectivity index (χ1n) is 16.2. The highest BCUT2D eigenvalue weighted by atomic mass is 19.1. The van der Waals surface area contributed by atoms with E-state index in [4.69, 9.17) is 4.74 Å². The topological polar surface area (TPSA) is 91.0 Å². The number of ether oxygens (including phenoxy) is 1. The maximum atomic E-state index is 14.1. The maximum Gasteiger partial charge on any atom is 0.318 e. The second-order valence-electron chi connectivity index (χ2n) is 12.9. The minimum atomic E-state index is -0.789. The molecule has 1 aromatic carbocycles. The Labute approximate surface area is 251 Å². The number of rotatable bonds is 9. The second kappa shape index (κ2) is 14.7. The number of benzene rings is 1. The molecule has 0 bridgehead atoms. The number of carbonyl (C=O) groups excluding carboxylic acids is 3. The van der Waals surface area contributed by atoms with E-state index in [0.717, 1.165) is 44.1 Å². The number of piperidine rings is 1. The van der Waals surface area contributed by atoms with Crippen LogP contribution in [0.4, 0.5) is 9.18 Å². The predicted octanol–water partition coefficient (Wildman–Crippen LogP) is 5.05. The van der Waals surface area contributed by atoms with Crippen LogP contribution in [0.3, 0.4) is 0 Å². The standard InChI is InChI=1S/C33H51FN4O4/c1-5-27-21-38(22-28(6-2)35-27)32(41)36-29(20-24-12-14-26(34)15-13-24)30(39)37-18-16-33(17-19-37,31(40)42-23(3)4)25-10-8-7-9-11-25/h12-15,23,25,27-29,35H,5-11,16-22H2,1-4H3,(H,36,41)/t27?,28?,29-/m1/s1. The molecule has 0 spiro atoms. The SMILES string of the molecule is CCC1CN(C(=O)N[C@H](Cc2ccc(F)cc2)C(=O)N2CCC(C(=O)OC(C)C)(C3CCCCC3)CC2)CC(CC)N1. The van der Waals surface area contributed by atoms with Crippen molar-refractivity contribution in [3.63, 3.8) is 0 Å². The Morgan fingerprint density at radius 3 is 2.12 bits per heavy atom. The fraction of sp³-hybridized carbons (Fsp3) is 0.727. The van der Waals surface area contributed by atoms with Gasteiger partial charge < -0.3 is 25.2 Å². The van der Waals surface area contributed by atoms with Gasteiger partial charge >= 0.3 is 12.0 Å². The number of amides is 3. The first kappa shape index (κ1) is 32.2. The van der Waals surface area contributed by atoms with Gasteiger partial charge in [0.15, 0.2) is 0 Å². The molecule has 4 rings (SSSR count). The van der Waals surface area contributed by atoms with E-state index in [1.165, 1.54) is 18.6 Å². The Balaban J connectivity index is 1.50. The third-order valence-corrected chi connectivity index (χ3v) is 9.68. The first-order valence-corrected chi connectivity index (χ1v) is 16.2. The highest BCUT2D eigenvalue weighted by Crippen LogP contribution is 2.47. The quantitative estimate of drug-likeness (QED) is 0.396. The van der Waals surface area contributed by atoms with Crippen LogP contribution in [0.15, 0.2) is 24.3 Å². The highest BCUT2D eigenvalue weighted by Gasteiger charge is 2.50. The zero-order valence-corrected chi connectivity index (χ0v) is 26.0. The average molecular weight is 587 g/mol. The number of nitrogens with zero attached hydrogens (tertiary/aromatic N) is 2. The summed E-state index contributed by atoms with van der Waals surface area (Å²) in [6.07, 6.45) is 8.54. The van der Waals surface area contributed by atoms with E-state index < -0.39 is 11.5 Å². The molecule has 2 aliphatic heterocycles. The molecular formula is C33H51FN4O4. The number of halogens is 1.